The van der Waals surface area contributed by atoms with Crippen LogP contribution in [0.3, 0.4) is 0 Å². The molecule has 4 heteroatoms. The summed E-state index contributed by atoms with van der Waals surface area (Å²) in [5, 5.41) is 1.43. The van der Waals surface area contributed by atoms with Crippen molar-refractivity contribution in [2.45, 2.75) is 38.6 Å². The van der Waals surface area contributed by atoms with Crippen LogP contribution in [0.25, 0.3) is 10.9 Å². The van der Waals surface area contributed by atoms with E-state index in [0.717, 1.165) is 36.1 Å². The zero-order valence-corrected chi connectivity index (χ0v) is 12.1. The monoisotopic (exact) mass is 275 g/mol. The van der Waals surface area contributed by atoms with Gasteiger partial charge in [0.2, 0.25) is 5.28 Å². The minimum atomic E-state index is 0.250. The second kappa shape index (κ2) is 4.64. The van der Waals surface area contributed by atoms with Crippen molar-refractivity contribution < 1.29 is 0 Å². The lowest BCUT2D eigenvalue weighted by Gasteiger charge is -2.53. The number of fused-ring (bicyclic) bond motifs is 1. The number of anilines is 1. The summed E-state index contributed by atoms with van der Waals surface area (Å²) in [5.41, 5.74) is 1.17. The van der Waals surface area contributed by atoms with Crippen LogP contribution < -0.4 is 4.90 Å². The van der Waals surface area contributed by atoms with Gasteiger partial charge in [-0.15, -0.1) is 0 Å². The topological polar surface area (TPSA) is 29.0 Å². The highest BCUT2D eigenvalue weighted by Gasteiger charge is 2.43. The van der Waals surface area contributed by atoms with Gasteiger partial charge >= 0.3 is 0 Å². The van der Waals surface area contributed by atoms with E-state index in [1.54, 1.807) is 0 Å². The normalized spacial score (nSPS) is 17.5. The van der Waals surface area contributed by atoms with E-state index in [2.05, 4.69) is 34.8 Å². The molecule has 0 bridgehead atoms. The number of halogens is 1. The van der Waals surface area contributed by atoms with Crippen molar-refractivity contribution in [3.8, 4) is 0 Å². The largest absolute Gasteiger partial charge is 0.350 e. The van der Waals surface area contributed by atoms with Crippen LogP contribution in [-0.2, 0) is 0 Å². The number of benzene rings is 1. The maximum absolute atomic E-state index is 6.08. The van der Waals surface area contributed by atoms with E-state index in [9.17, 15) is 0 Å². The highest BCUT2D eigenvalue weighted by atomic mass is 35.5. The Bertz CT molecular complexity index is 602. The summed E-state index contributed by atoms with van der Waals surface area (Å²) in [6.45, 7) is 5.56. The van der Waals surface area contributed by atoms with Gasteiger partial charge in [0.05, 0.1) is 5.52 Å². The molecule has 3 nitrogen and oxygen atoms in total. The Balaban J connectivity index is 2.15. The molecule has 1 saturated heterocycles. The SMILES string of the molecule is CCC1(CC)CCN1c1nc(Cl)nc2ccccc12. The molecule has 0 radical (unpaired) electrons. The average Bonchev–Trinajstić information content (AvgIpc) is 2.39. The quantitative estimate of drug-likeness (QED) is 0.791. The molecule has 1 aromatic carbocycles. The fourth-order valence-corrected chi connectivity index (χ4v) is 3.26. The average molecular weight is 276 g/mol. The lowest BCUT2D eigenvalue weighted by atomic mass is 9.79. The van der Waals surface area contributed by atoms with Crippen LogP contribution in [0, 0.1) is 0 Å². The molecule has 1 fully saturated rings. The van der Waals surface area contributed by atoms with Crippen molar-refractivity contribution in [1.82, 2.24) is 9.97 Å². The standard InChI is InChI=1S/C15H18ClN3/c1-3-15(4-2)9-10-19(15)13-11-7-5-6-8-12(11)17-14(16)18-13/h5-8H,3-4,9-10H2,1-2H3. The molecular formula is C15H18ClN3. The molecule has 3 rings (SSSR count). The summed E-state index contributed by atoms with van der Waals surface area (Å²) in [7, 11) is 0. The summed E-state index contributed by atoms with van der Waals surface area (Å²) in [4.78, 5) is 11.2. The van der Waals surface area contributed by atoms with Crippen LogP contribution in [0.1, 0.15) is 33.1 Å². The van der Waals surface area contributed by atoms with Crippen LogP contribution >= 0.6 is 11.6 Å². The Morgan fingerprint density at radius 1 is 1.21 bits per heavy atom. The second-order valence-corrected chi connectivity index (χ2v) is 5.50. The smallest absolute Gasteiger partial charge is 0.224 e. The minimum Gasteiger partial charge on any atom is -0.350 e. The molecule has 0 unspecified atom stereocenters. The van der Waals surface area contributed by atoms with Crippen LogP contribution in [-0.4, -0.2) is 22.1 Å². The Morgan fingerprint density at radius 3 is 2.58 bits per heavy atom. The fraction of sp³-hybridized carbons (Fsp3) is 0.467. The Hall–Kier alpha value is -1.35. The van der Waals surface area contributed by atoms with E-state index in [0.29, 0.717) is 5.28 Å². The number of para-hydroxylation sites is 1. The van der Waals surface area contributed by atoms with E-state index in [1.807, 2.05) is 18.2 Å². The molecule has 2 aromatic rings. The predicted molar refractivity (Wildman–Crippen MR) is 79.8 cm³/mol. The van der Waals surface area contributed by atoms with Gasteiger partial charge in [0.15, 0.2) is 0 Å². The highest BCUT2D eigenvalue weighted by Crippen LogP contribution is 2.42. The lowest BCUT2D eigenvalue weighted by molar-refractivity contribution is 0.253. The van der Waals surface area contributed by atoms with E-state index < -0.39 is 0 Å². The number of hydrogen-bond acceptors (Lipinski definition) is 3. The molecule has 1 aromatic heterocycles. The van der Waals surface area contributed by atoms with E-state index in [-0.39, 0.29) is 5.54 Å². The molecule has 0 N–H and O–H groups in total. The fourth-order valence-electron chi connectivity index (χ4n) is 3.09. The second-order valence-electron chi connectivity index (χ2n) is 5.17. The molecule has 19 heavy (non-hydrogen) atoms. The molecular weight excluding hydrogens is 258 g/mol. The first-order valence-electron chi connectivity index (χ1n) is 6.90. The van der Waals surface area contributed by atoms with Crippen LogP contribution in [0.5, 0.6) is 0 Å². The van der Waals surface area contributed by atoms with Gasteiger partial charge in [-0.05, 0) is 43.0 Å². The van der Waals surface area contributed by atoms with Crippen LogP contribution in [0.2, 0.25) is 5.28 Å². The summed E-state index contributed by atoms with van der Waals surface area (Å²) >= 11 is 6.08. The Kier molecular flexibility index (Phi) is 3.09. The van der Waals surface area contributed by atoms with Gasteiger partial charge in [-0.3, -0.25) is 0 Å². The summed E-state index contributed by atoms with van der Waals surface area (Å²) in [6, 6.07) is 8.09. The van der Waals surface area contributed by atoms with Crippen LogP contribution in [0.4, 0.5) is 5.82 Å². The molecule has 2 heterocycles. The van der Waals surface area contributed by atoms with Gasteiger partial charge in [-0.2, -0.15) is 4.98 Å². The zero-order chi connectivity index (χ0) is 13.5. The zero-order valence-electron chi connectivity index (χ0n) is 11.4. The predicted octanol–water partition coefficient (Wildman–Crippen LogP) is 4.05. The number of rotatable bonds is 3. The summed E-state index contributed by atoms with van der Waals surface area (Å²) in [5.74, 6) is 0.991. The molecule has 0 amide bonds. The van der Waals surface area contributed by atoms with Crippen LogP contribution in [0.15, 0.2) is 24.3 Å². The first-order chi connectivity index (χ1) is 9.20. The van der Waals surface area contributed by atoms with Gasteiger partial charge in [-0.1, -0.05) is 26.0 Å². The van der Waals surface area contributed by atoms with Crippen molar-refractivity contribution in [3.63, 3.8) is 0 Å². The Labute approximate surface area is 118 Å². The van der Waals surface area contributed by atoms with E-state index >= 15 is 0 Å². The molecule has 100 valence electrons. The lowest BCUT2D eigenvalue weighted by Crippen LogP contribution is -2.59. The first kappa shape index (κ1) is 12.7. The maximum atomic E-state index is 6.08. The van der Waals surface area contributed by atoms with Gasteiger partial charge in [0.1, 0.15) is 5.82 Å². The molecule has 1 aliphatic heterocycles. The minimum absolute atomic E-state index is 0.250. The third-order valence-corrected chi connectivity index (χ3v) is 4.67. The van der Waals surface area contributed by atoms with Gasteiger partial charge in [0, 0.05) is 17.5 Å². The van der Waals surface area contributed by atoms with Crippen molar-refractivity contribution in [3.05, 3.63) is 29.5 Å². The van der Waals surface area contributed by atoms with Crippen molar-refractivity contribution in [1.29, 1.82) is 0 Å². The number of aromatic nitrogens is 2. The van der Waals surface area contributed by atoms with E-state index in [1.165, 1.54) is 6.42 Å². The molecule has 0 aliphatic carbocycles. The number of hydrogen-bond donors (Lipinski definition) is 0. The van der Waals surface area contributed by atoms with E-state index in [4.69, 9.17) is 11.6 Å². The van der Waals surface area contributed by atoms with Gasteiger partial charge in [-0.25, -0.2) is 4.98 Å². The van der Waals surface area contributed by atoms with Gasteiger partial charge < -0.3 is 4.90 Å². The first-order valence-corrected chi connectivity index (χ1v) is 7.28. The Morgan fingerprint density at radius 2 is 1.95 bits per heavy atom. The third-order valence-electron chi connectivity index (χ3n) is 4.50. The van der Waals surface area contributed by atoms with Crippen molar-refractivity contribution in [2.24, 2.45) is 0 Å². The summed E-state index contributed by atoms with van der Waals surface area (Å²) in [6.07, 6.45) is 3.51. The molecule has 0 saturated carbocycles. The third kappa shape index (κ3) is 1.88. The van der Waals surface area contributed by atoms with Gasteiger partial charge in [0.25, 0.3) is 0 Å². The molecule has 0 spiro atoms. The molecule has 0 atom stereocenters. The maximum Gasteiger partial charge on any atom is 0.224 e. The molecule has 1 aliphatic rings. The van der Waals surface area contributed by atoms with Crippen molar-refractivity contribution >= 4 is 28.3 Å². The highest BCUT2D eigenvalue weighted by molar-refractivity contribution is 6.28. The van der Waals surface area contributed by atoms with Crippen molar-refractivity contribution in [2.75, 3.05) is 11.4 Å². The number of nitrogens with zero attached hydrogens (tertiary/aromatic N) is 3. The summed E-state index contributed by atoms with van der Waals surface area (Å²) < 4.78 is 0.